The molecule has 0 saturated carbocycles. The Hall–Kier alpha value is -1.50. The van der Waals surface area contributed by atoms with Crippen LogP contribution in [0.5, 0.6) is 0 Å². The highest BCUT2D eigenvalue weighted by atomic mass is 35.7. The predicted molar refractivity (Wildman–Crippen MR) is 104 cm³/mol. The summed E-state index contributed by atoms with van der Waals surface area (Å²) in [5, 5.41) is 2.47. The first-order chi connectivity index (χ1) is 12.6. The average Bonchev–Trinajstić information content (AvgIpc) is 3.07. The van der Waals surface area contributed by atoms with Gasteiger partial charge in [-0.3, -0.25) is 4.72 Å². The number of sulfonamides is 1. The fourth-order valence-electron chi connectivity index (χ4n) is 1.48. The molecule has 3 aromatic rings. The van der Waals surface area contributed by atoms with Crippen LogP contribution >= 0.6 is 45.2 Å². The standard InChI is InChI=1S/C8H6ClN3O2S2.C5H3Cl2NO2S/c9-7-2-1-6(5-11-7)16(13,14)12-8-10-3-4-15-8;6-5-2-1-4(3-8-5)11(7,9)10/h1-5H,(H,10,12);1-3H. The van der Waals surface area contributed by atoms with Crippen LogP contribution in [0.2, 0.25) is 10.3 Å². The van der Waals surface area contributed by atoms with Crippen molar-refractivity contribution < 1.29 is 16.8 Å². The maximum Gasteiger partial charge on any atom is 0.265 e. The second-order valence-corrected chi connectivity index (χ2v) is 10.4. The number of halogens is 3. The molecule has 0 radical (unpaired) electrons. The van der Waals surface area contributed by atoms with Crippen LogP contribution in [0, 0.1) is 0 Å². The normalized spacial score (nSPS) is 11.4. The summed E-state index contributed by atoms with van der Waals surface area (Å²) in [4.78, 5) is 11.1. The zero-order valence-electron chi connectivity index (χ0n) is 13.0. The highest BCUT2D eigenvalue weighted by Crippen LogP contribution is 2.18. The molecule has 0 bridgehead atoms. The molecule has 0 unspecified atom stereocenters. The monoisotopic (exact) mass is 486 g/mol. The number of thiazole rings is 1. The Morgan fingerprint density at radius 1 is 0.852 bits per heavy atom. The van der Waals surface area contributed by atoms with Crippen LogP contribution in [0.3, 0.4) is 0 Å². The van der Waals surface area contributed by atoms with Crippen LogP contribution < -0.4 is 4.72 Å². The summed E-state index contributed by atoms with van der Waals surface area (Å²) in [7, 11) is -2.29. The Kier molecular flexibility index (Phi) is 7.37. The number of aromatic nitrogens is 3. The molecular formula is C13H9Cl3N4O4S3. The molecule has 0 fully saturated rings. The summed E-state index contributed by atoms with van der Waals surface area (Å²) in [6.07, 6.45) is 3.81. The van der Waals surface area contributed by atoms with Gasteiger partial charge < -0.3 is 0 Å². The van der Waals surface area contributed by atoms with E-state index in [-0.39, 0.29) is 20.1 Å². The molecule has 8 nitrogen and oxygen atoms in total. The molecule has 144 valence electrons. The largest absolute Gasteiger partial charge is 0.265 e. The Bertz CT molecular complexity index is 1090. The number of pyridine rings is 2. The third-order valence-corrected chi connectivity index (χ3v) is 6.57. The van der Waals surface area contributed by atoms with Crippen molar-refractivity contribution in [1.82, 2.24) is 15.0 Å². The van der Waals surface area contributed by atoms with Gasteiger partial charge in [-0.2, -0.15) is 0 Å². The summed E-state index contributed by atoms with van der Waals surface area (Å²) in [5.74, 6) is 0. The Morgan fingerprint density at radius 3 is 1.81 bits per heavy atom. The van der Waals surface area contributed by atoms with Gasteiger partial charge in [0.05, 0.1) is 0 Å². The van der Waals surface area contributed by atoms with E-state index in [0.29, 0.717) is 5.13 Å². The zero-order chi connectivity index (χ0) is 20.1. The molecule has 0 aliphatic carbocycles. The molecule has 0 saturated heterocycles. The van der Waals surface area contributed by atoms with Crippen LogP contribution in [0.4, 0.5) is 5.13 Å². The lowest BCUT2D eigenvalue weighted by Crippen LogP contribution is -2.12. The van der Waals surface area contributed by atoms with Crippen molar-refractivity contribution in [2.75, 3.05) is 4.72 Å². The van der Waals surface area contributed by atoms with Gasteiger partial charge in [-0.05, 0) is 24.3 Å². The first kappa shape index (κ1) is 21.8. The molecule has 1 N–H and O–H groups in total. The molecule has 27 heavy (non-hydrogen) atoms. The molecule has 3 aromatic heterocycles. The van der Waals surface area contributed by atoms with Gasteiger partial charge >= 0.3 is 0 Å². The van der Waals surface area contributed by atoms with E-state index in [4.69, 9.17) is 33.9 Å². The number of hydrogen-bond donors (Lipinski definition) is 1. The summed E-state index contributed by atoms with van der Waals surface area (Å²) in [6.45, 7) is 0. The van der Waals surface area contributed by atoms with Crippen molar-refractivity contribution in [2.24, 2.45) is 0 Å². The second-order valence-electron chi connectivity index (χ2n) is 4.51. The van der Waals surface area contributed by atoms with E-state index in [9.17, 15) is 16.8 Å². The van der Waals surface area contributed by atoms with Gasteiger partial charge in [0.2, 0.25) is 0 Å². The Labute approximate surface area is 173 Å². The fraction of sp³-hybridized carbons (Fsp3) is 0. The first-order valence-electron chi connectivity index (χ1n) is 6.68. The lowest BCUT2D eigenvalue weighted by atomic mass is 10.5. The molecule has 0 spiro atoms. The number of rotatable bonds is 4. The molecule has 3 rings (SSSR count). The molecule has 0 atom stereocenters. The summed E-state index contributed by atoms with van der Waals surface area (Å²) >= 11 is 12.2. The minimum Gasteiger partial charge on any atom is -0.255 e. The number of nitrogens with zero attached hydrogens (tertiary/aromatic N) is 3. The smallest absolute Gasteiger partial charge is 0.255 e. The molecular weight excluding hydrogens is 479 g/mol. The molecule has 0 aliphatic heterocycles. The lowest BCUT2D eigenvalue weighted by molar-refractivity contribution is 0.600. The van der Waals surface area contributed by atoms with Crippen LogP contribution in [-0.4, -0.2) is 31.8 Å². The summed E-state index contributed by atoms with van der Waals surface area (Å²) < 4.78 is 47.2. The maximum absolute atomic E-state index is 11.8. The third kappa shape index (κ3) is 6.87. The first-order valence-corrected chi connectivity index (χ1v) is 12.1. The van der Waals surface area contributed by atoms with Gasteiger partial charge in [-0.15, -0.1) is 11.3 Å². The predicted octanol–water partition coefficient (Wildman–Crippen LogP) is 3.65. The van der Waals surface area contributed by atoms with E-state index < -0.39 is 19.1 Å². The van der Waals surface area contributed by atoms with E-state index in [0.717, 1.165) is 6.20 Å². The van der Waals surface area contributed by atoms with Gasteiger partial charge in [0, 0.05) is 34.7 Å². The average molecular weight is 488 g/mol. The molecule has 0 amide bonds. The molecule has 0 aliphatic rings. The van der Waals surface area contributed by atoms with Crippen molar-refractivity contribution in [3.63, 3.8) is 0 Å². The van der Waals surface area contributed by atoms with Crippen LogP contribution in [0.25, 0.3) is 0 Å². The van der Waals surface area contributed by atoms with Gasteiger partial charge in [0.1, 0.15) is 20.1 Å². The minimum atomic E-state index is -3.67. The van der Waals surface area contributed by atoms with Crippen molar-refractivity contribution in [2.45, 2.75) is 9.79 Å². The van der Waals surface area contributed by atoms with Crippen molar-refractivity contribution in [1.29, 1.82) is 0 Å². The topological polar surface area (TPSA) is 119 Å². The van der Waals surface area contributed by atoms with E-state index in [1.54, 1.807) is 5.38 Å². The van der Waals surface area contributed by atoms with E-state index >= 15 is 0 Å². The minimum absolute atomic E-state index is 0.0482. The summed E-state index contributed by atoms with van der Waals surface area (Å²) in [6, 6.07) is 5.44. The number of anilines is 1. The molecule has 3 heterocycles. The third-order valence-electron chi connectivity index (χ3n) is 2.65. The van der Waals surface area contributed by atoms with Gasteiger partial charge in [0.15, 0.2) is 5.13 Å². The highest BCUT2D eigenvalue weighted by molar-refractivity contribution is 8.13. The Balaban J connectivity index is 0.000000208. The van der Waals surface area contributed by atoms with E-state index in [1.165, 1.54) is 48.0 Å². The van der Waals surface area contributed by atoms with E-state index in [1.807, 2.05) is 0 Å². The van der Waals surface area contributed by atoms with Crippen LogP contribution in [-0.2, 0) is 19.1 Å². The Morgan fingerprint density at radius 2 is 1.41 bits per heavy atom. The van der Waals surface area contributed by atoms with Crippen LogP contribution in [0.15, 0.2) is 58.0 Å². The van der Waals surface area contributed by atoms with Gasteiger partial charge in [-0.1, -0.05) is 23.2 Å². The quantitative estimate of drug-likeness (QED) is 0.440. The fourth-order valence-corrected chi connectivity index (χ4v) is 4.12. The summed E-state index contributed by atoms with van der Waals surface area (Å²) in [5.41, 5.74) is 0. The van der Waals surface area contributed by atoms with Crippen LogP contribution in [0.1, 0.15) is 0 Å². The maximum atomic E-state index is 11.8. The van der Waals surface area contributed by atoms with Crippen molar-refractivity contribution in [3.05, 3.63) is 58.5 Å². The SMILES string of the molecule is O=S(=O)(Cl)c1ccc(Cl)nc1.O=S(=O)(Nc1nccs1)c1ccc(Cl)nc1. The van der Waals surface area contributed by atoms with Gasteiger partial charge in [0.25, 0.3) is 19.1 Å². The number of nitrogens with one attached hydrogen (secondary N) is 1. The zero-order valence-corrected chi connectivity index (χ0v) is 17.7. The van der Waals surface area contributed by atoms with E-state index in [2.05, 4.69) is 19.7 Å². The van der Waals surface area contributed by atoms with Crippen molar-refractivity contribution in [3.8, 4) is 0 Å². The number of hydrogen-bond acceptors (Lipinski definition) is 8. The van der Waals surface area contributed by atoms with Crippen molar-refractivity contribution >= 4 is 69.4 Å². The molecule has 14 heteroatoms. The van der Waals surface area contributed by atoms with Gasteiger partial charge in [-0.25, -0.2) is 31.8 Å². The highest BCUT2D eigenvalue weighted by Gasteiger charge is 2.15. The molecule has 0 aromatic carbocycles. The lowest BCUT2D eigenvalue weighted by Gasteiger charge is -2.03. The second kappa shape index (κ2) is 9.13.